The minimum atomic E-state index is -0.884. The molecular formula is C24H30N4O7. The highest BCUT2D eigenvalue weighted by Crippen LogP contribution is 2.28. The van der Waals surface area contributed by atoms with E-state index in [1.54, 1.807) is 56.7 Å². The van der Waals surface area contributed by atoms with Gasteiger partial charge in [0.15, 0.2) is 18.1 Å². The van der Waals surface area contributed by atoms with Gasteiger partial charge in [-0.15, -0.1) is 0 Å². The van der Waals surface area contributed by atoms with Crippen LogP contribution in [0.2, 0.25) is 0 Å². The van der Waals surface area contributed by atoms with E-state index in [9.17, 15) is 14.4 Å². The first-order valence-corrected chi connectivity index (χ1v) is 10.9. The van der Waals surface area contributed by atoms with Crippen LogP contribution in [0.4, 0.5) is 5.69 Å². The summed E-state index contributed by atoms with van der Waals surface area (Å²) in [5.74, 6) is -0.639. The minimum Gasteiger partial charge on any atom is -0.497 e. The van der Waals surface area contributed by atoms with Crippen molar-refractivity contribution in [1.82, 2.24) is 10.7 Å². The van der Waals surface area contributed by atoms with Crippen LogP contribution in [0.15, 0.2) is 47.6 Å². The lowest BCUT2D eigenvalue weighted by Crippen LogP contribution is -2.38. The second-order valence-electron chi connectivity index (χ2n) is 7.01. The van der Waals surface area contributed by atoms with Crippen LogP contribution < -0.4 is 30.3 Å². The number of methoxy groups -OCH3 is 2. The first-order chi connectivity index (χ1) is 17.0. The SMILES string of the molecule is CCOc1cc(/C=N\NC(=O)C(=O)NCCCOC)ccc1OCC(=O)Nc1cccc(OC)c1. The van der Waals surface area contributed by atoms with Crippen LogP contribution in [-0.4, -0.2) is 64.5 Å². The maximum atomic E-state index is 12.3. The molecule has 0 radical (unpaired) electrons. The van der Waals surface area contributed by atoms with E-state index in [1.165, 1.54) is 6.21 Å². The lowest BCUT2D eigenvalue weighted by Gasteiger charge is -2.13. The molecule has 0 unspecified atom stereocenters. The van der Waals surface area contributed by atoms with E-state index in [0.29, 0.717) is 54.7 Å². The van der Waals surface area contributed by atoms with E-state index < -0.39 is 11.8 Å². The Morgan fingerprint density at radius 1 is 1.00 bits per heavy atom. The van der Waals surface area contributed by atoms with Gasteiger partial charge in [0.2, 0.25) is 0 Å². The van der Waals surface area contributed by atoms with Crippen LogP contribution >= 0.6 is 0 Å². The zero-order valence-corrected chi connectivity index (χ0v) is 20.0. The van der Waals surface area contributed by atoms with Gasteiger partial charge >= 0.3 is 11.8 Å². The van der Waals surface area contributed by atoms with Crippen molar-refractivity contribution in [3.05, 3.63) is 48.0 Å². The molecule has 0 heterocycles. The number of benzene rings is 2. The molecule has 3 amide bonds. The Labute approximate surface area is 203 Å². The molecule has 0 saturated carbocycles. The third-order valence-electron chi connectivity index (χ3n) is 4.38. The molecule has 0 atom stereocenters. The summed E-state index contributed by atoms with van der Waals surface area (Å²) in [6.45, 7) is 2.74. The molecule has 0 aliphatic rings. The summed E-state index contributed by atoms with van der Waals surface area (Å²) < 4.78 is 21.2. The molecule has 0 bridgehead atoms. The minimum absolute atomic E-state index is 0.236. The van der Waals surface area contributed by atoms with Gasteiger partial charge in [0.05, 0.1) is 19.9 Å². The fraction of sp³-hybridized carbons (Fsp3) is 0.333. The second kappa shape index (κ2) is 14.9. The molecule has 11 heteroatoms. The number of carbonyl (C=O) groups excluding carboxylic acids is 3. The Morgan fingerprint density at radius 3 is 2.57 bits per heavy atom. The lowest BCUT2D eigenvalue weighted by molar-refractivity contribution is -0.139. The summed E-state index contributed by atoms with van der Waals surface area (Å²) >= 11 is 0. The number of nitrogens with one attached hydrogen (secondary N) is 3. The van der Waals surface area contributed by atoms with Gasteiger partial charge in [0, 0.05) is 32.0 Å². The number of amides is 3. The number of ether oxygens (including phenoxy) is 4. The fourth-order valence-electron chi connectivity index (χ4n) is 2.75. The van der Waals surface area contributed by atoms with Crippen molar-refractivity contribution in [3.63, 3.8) is 0 Å². The van der Waals surface area contributed by atoms with Crippen molar-refractivity contribution in [1.29, 1.82) is 0 Å². The Kier molecular flexibility index (Phi) is 11.6. The number of hydrogen-bond acceptors (Lipinski definition) is 8. The maximum absolute atomic E-state index is 12.3. The van der Waals surface area contributed by atoms with Crippen molar-refractivity contribution in [3.8, 4) is 17.2 Å². The highest BCUT2D eigenvalue weighted by molar-refractivity contribution is 6.35. The lowest BCUT2D eigenvalue weighted by atomic mass is 10.2. The van der Waals surface area contributed by atoms with E-state index in [2.05, 4.69) is 21.2 Å². The van der Waals surface area contributed by atoms with Crippen LogP contribution in [0, 0.1) is 0 Å². The van der Waals surface area contributed by atoms with Crippen LogP contribution in [0.5, 0.6) is 17.2 Å². The highest BCUT2D eigenvalue weighted by atomic mass is 16.5. The quantitative estimate of drug-likeness (QED) is 0.170. The molecule has 0 fully saturated rings. The predicted molar refractivity (Wildman–Crippen MR) is 130 cm³/mol. The molecule has 2 aromatic carbocycles. The maximum Gasteiger partial charge on any atom is 0.329 e. The van der Waals surface area contributed by atoms with E-state index in [0.717, 1.165) is 0 Å². The molecule has 2 aromatic rings. The van der Waals surface area contributed by atoms with E-state index >= 15 is 0 Å². The van der Waals surface area contributed by atoms with Crippen LogP contribution in [0.1, 0.15) is 18.9 Å². The van der Waals surface area contributed by atoms with Gasteiger partial charge in [-0.05, 0) is 49.2 Å². The summed E-state index contributed by atoms with van der Waals surface area (Å²) in [5, 5.41) is 8.99. The number of hydrogen-bond donors (Lipinski definition) is 3. The first kappa shape index (κ1) is 27.1. The van der Waals surface area contributed by atoms with E-state index in [-0.39, 0.29) is 12.5 Å². The van der Waals surface area contributed by atoms with Gasteiger partial charge in [-0.3, -0.25) is 14.4 Å². The molecule has 0 spiro atoms. The summed E-state index contributed by atoms with van der Waals surface area (Å²) in [5.41, 5.74) is 3.33. The van der Waals surface area contributed by atoms with Gasteiger partial charge in [-0.2, -0.15) is 5.10 Å². The molecule has 188 valence electrons. The summed E-state index contributed by atoms with van der Waals surface area (Å²) in [7, 11) is 3.10. The molecule has 0 aliphatic heterocycles. The Hall–Kier alpha value is -4.12. The smallest absolute Gasteiger partial charge is 0.329 e. The van der Waals surface area contributed by atoms with E-state index in [1.807, 2.05) is 6.92 Å². The molecule has 3 N–H and O–H groups in total. The molecule has 0 aromatic heterocycles. The van der Waals surface area contributed by atoms with Crippen LogP contribution in [0.25, 0.3) is 0 Å². The third-order valence-corrected chi connectivity index (χ3v) is 4.38. The summed E-state index contributed by atoms with van der Waals surface area (Å²) in [6.07, 6.45) is 1.95. The third kappa shape index (κ3) is 9.72. The van der Waals surface area contributed by atoms with Crippen LogP contribution in [0.3, 0.4) is 0 Å². The number of carbonyl (C=O) groups is 3. The number of anilines is 1. The number of hydrazone groups is 1. The van der Waals surface area contributed by atoms with Gasteiger partial charge < -0.3 is 29.6 Å². The largest absolute Gasteiger partial charge is 0.497 e. The zero-order chi connectivity index (χ0) is 25.5. The topological polar surface area (TPSA) is 137 Å². The first-order valence-electron chi connectivity index (χ1n) is 10.9. The fourth-order valence-corrected chi connectivity index (χ4v) is 2.75. The normalized spacial score (nSPS) is 10.5. The molecular weight excluding hydrogens is 456 g/mol. The van der Waals surface area contributed by atoms with Crippen molar-refractivity contribution in [2.75, 3.05) is 45.9 Å². The van der Waals surface area contributed by atoms with Crippen molar-refractivity contribution in [2.45, 2.75) is 13.3 Å². The van der Waals surface area contributed by atoms with E-state index in [4.69, 9.17) is 18.9 Å². The van der Waals surface area contributed by atoms with Crippen molar-refractivity contribution >= 4 is 29.6 Å². The Balaban J connectivity index is 1.91. The van der Waals surface area contributed by atoms with Crippen molar-refractivity contribution in [2.24, 2.45) is 5.10 Å². The van der Waals surface area contributed by atoms with Gasteiger partial charge in [-0.25, -0.2) is 5.43 Å². The van der Waals surface area contributed by atoms with Gasteiger partial charge in [0.25, 0.3) is 5.91 Å². The molecule has 0 saturated heterocycles. The molecule has 35 heavy (non-hydrogen) atoms. The predicted octanol–water partition coefficient (Wildman–Crippen LogP) is 1.71. The Morgan fingerprint density at radius 2 is 1.83 bits per heavy atom. The Bertz CT molecular complexity index is 1030. The van der Waals surface area contributed by atoms with Crippen molar-refractivity contribution < 1.29 is 33.3 Å². The zero-order valence-electron chi connectivity index (χ0n) is 20.0. The average molecular weight is 487 g/mol. The molecule has 2 rings (SSSR count). The van der Waals surface area contributed by atoms with Gasteiger partial charge in [0.1, 0.15) is 5.75 Å². The van der Waals surface area contributed by atoms with Gasteiger partial charge in [-0.1, -0.05) is 6.07 Å². The standard InChI is InChI=1S/C24H30N4O7/c1-4-34-21-13-17(15-26-28-24(31)23(30)25-11-6-12-32-2)9-10-20(21)35-16-22(29)27-18-7-5-8-19(14-18)33-3/h5,7-10,13-15H,4,6,11-12,16H2,1-3H3,(H,25,30)(H,27,29)(H,28,31)/b26-15-. The number of nitrogens with zero attached hydrogens (tertiary/aromatic N) is 1. The number of rotatable bonds is 13. The monoisotopic (exact) mass is 486 g/mol. The summed E-state index contributed by atoms with van der Waals surface area (Å²) in [4.78, 5) is 35.7. The summed E-state index contributed by atoms with van der Waals surface area (Å²) in [6, 6.07) is 11.9. The molecule has 11 nitrogen and oxygen atoms in total. The van der Waals surface area contributed by atoms with Crippen LogP contribution in [-0.2, 0) is 19.1 Å². The average Bonchev–Trinajstić information content (AvgIpc) is 2.86. The highest BCUT2D eigenvalue weighted by Gasteiger charge is 2.12. The second-order valence-corrected chi connectivity index (χ2v) is 7.01. The molecule has 0 aliphatic carbocycles.